The summed E-state index contributed by atoms with van der Waals surface area (Å²) in [5, 5.41) is 2.90. The summed E-state index contributed by atoms with van der Waals surface area (Å²) >= 11 is 0. The van der Waals surface area contributed by atoms with Crippen molar-refractivity contribution >= 4 is 5.91 Å². The SMILES string of the molecule is CN(C)CCNC(=O)Cc1ccc(OC(C)(C)C)cc1. The Hall–Kier alpha value is -1.55. The molecule has 0 aliphatic carbocycles. The van der Waals surface area contributed by atoms with E-state index in [9.17, 15) is 4.79 Å². The highest BCUT2D eigenvalue weighted by atomic mass is 16.5. The predicted octanol–water partition coefficient (Wildman–Crippen LogP) is 2.08. The van der Waals surface area contributed by atoms with Crippen molar-refractivity contribution in [2.24, 2.45) is 0 Å². The first kappa shape index (κ1) is 16.5. The standard InChI is InChI=1S/C16H26N2O2/c1-16(2,3)20-14-8-6-13(7-9-14)12-15(19)17-10-11-18(4)5/h6-9H,10-12H2,1-5H3,(H,17,19). The lowest BCUT2D eigenvalue weighted by atomic mass is 10.1. The van der Waals surface area contributed by atoms with Crippen LogP contribution in [0.4, 0.5) is 0 Å². The number of carbonyl (C=O) groups excluding carboxylic acids is 1. The lowest BCUT2D eigenvalue weighted by Crippen LogP contribution is -2.32. The largest absolute Gasteiger partial charge is 0.488 e. The van der Waals surface area contributed by atoms with Crippen LogP contribution in [0.5, 0.6) is 5.75 Å². The number of carbonyl (C=O) groups is 1. The van der Waals surface area contributed by atoms with Gasteiger partial charge in [-0.2, -0.15) is 0 Å². The van der Waals surface area contributed by atoms with E-state index in [2.05, 4.69) is 5.32 Å². The van der Waals surface area contributed by atoms with Crippen molar-refractivity contribution in [3.8, 4) is 5.75 Å². The molecule has 20 heavy (non-hydrogen) atoms. The average Bonchev–Trinajstić information content (AvgIpc) is 2.29. The van der Waals surface area contributed by atoms with Crippen LogP contribution in [0.15, 0.2) is 24.3 Å². The molecule has 4 heteroatoms. The van der Waals surface area contributed by atoms with Crippen LogP contribution in [-0.2, 0) is 11.2 Å². The maximum absolute atomic E-state index is 11.7. The van der Waals surface area contributed by atoms with E-state index in [-0.39, 0.29) is 11.5 Å². The van der Waals surface area contributed by atoms with Gasteiger partial charge in [0, 0.05) is 13.1 Å². The van der Waals surface area contributed by atoms with Crippen LogP contribution >= 0.6 is 0 Å². The van der Waals surface area contributed by atoms with Crippen molar-refractivity contribution in [3.63, 3.8) is 0 Å². The van der Waals surface area contributed by atoms with E-state index in [0.717, 1.165) is 17.9 Å². The molecule has 0 heterocycles. The topological polar surface area (TPSA) is 41.6 Å². The molecule has 0 fully saturated rings. The lowest BCUT2D eigenvalue weighted by Gasteiger charge is -2.21. The number of hydrogen-bond donors (Lipinski definition) is 1. The molecule has 1 N–H and O–H groups in total. The predicted molar refractivity (Wildman–Crippen MR) is 82.1 cm³/mol. The molecule has 4 nitrogen and oxygen atoms in total. The molecule has 0 aliphatic rings. The van der Waals surface area contributed by atoms with E-state index < -0.39 is 0 Å². The van der Waals surface area contributed by atoms with Crippen LogP contribution in [0.3, 0.4) is 0 Å². The third kappa shape index (κ3) is 7.14. The molecule has 0 saturated heterocycles. The van der Waals surface area contributed by atoms with Crippen LogP contribution < -0.4 is 10.1 Å². The van der Waals surface area contributed by atoms with Gasteiger partial charge >= 0.3 is 0 Å². The van der Waals surface area contributed by atoms with Gasteiger partial charge in [0.1, 0.15) is 11.4 Å². The zero-order chi connectivity index (χ0) is 15.2. The normalized spacial score (nSPS) is 11.5. The lowest BCUT2D eigenvalue weighted by molar-refractivity contribution is -0.120. The minimum absolute atomic E-state index is 0.0522. The molecule has 0 atom stereocenters. The highest BCUT2D eigenvalue weighted by Gasteiger charge is 2.11. The zero-order valence-corrected chi connectivity index (χ0v) is 13.2. The van der Waals surface area contributed by atoms with E-state index in [1.165, 1.54) is 0 Å². The van der Waals surface area contributed by atoms with E-state index in [1.54, 1.807) is 0 Å². The number of benzene rings is 1. The van der Waals surface area contributed by atoms with E-state index in [0.29, 0.717) is 13.0 Å². The van der Waals surface area contributed by atoms with Gasteiger partial charge in [0.05, 0.1) is 6.42 Å². The van der Waals surface area contributed by atoms with E-state index >= 15 is 0 Å². The van der Waals surface area contributed by atoms with Crippen molar-refractivity contribution in [2.45, 2.75) is 32.8 Å². The summed E-state index contributed by atoms with van der Waals surface area (Å²) in [6.07, 6.45) is 0.406. The fourth-order valence-electron chi connectivity index (χ4n) is 1.70. The highest BCUT2D eigenvalue weighted by Crippen LogP contribution is 2.18. The smallest absolute Gasteiger partial charge is 0.224 e. The van der Waals surface area contributed by atoms with Gasteiger partial charge in [0.2, 0.25) is 5.91 Å². The van der Waals surface area contributed by atoms with Crippen molar-refractivity contribution < 1.29 is 9.53 Å². The molecule has 1 rings (SSSR count). The molecule has 0 spiro atoms. The monoisotopic (exact) mass is 278 g/mol. The highest BCUT2D eigenvalue weighted by molar-refractivity contribution is 5.78. The minimum atomic E-state index is -0.203. The van der Waals surface area contributed by atoms with Gasteiger partial charge in [0.15, 0.2) is 0 Å². The summed E-state index contributed by atoms with van der Waals surface area (Å²) in [4.78, 5) is 13.8. The molecule has 112 valence electrons. The summed E-state index contributed by atoms with van der Waals surface area (Å²) in [5.74, 6) is 0.880. The fraction of sp³-hybridized carbons (Fsp3) is 0.562. The zero-order valence-electron chi connectivity index (χ0n) is 13.2. The molecule has 0 radical (unpaired) electrons. The first-order valence-electron chi connectivity index (χ1n) is 6.96. The molecule has 0 bridgehead atoms. The molecule has 0 saturated carbocycles. The molecule has 0 aromatic heterocycles. The maximum atomic E-state index is 11.7. The van der Waals surface area contributed by atoms with Gasteiger partial charge < -0.3 is 15.0 Å². The number of ether oxygens (including phenoxy) is 1. The van der Waals surface area contributed by atoms with Gasteiger partial charge in [-0.15, -0.1) is 0 Å². The van der Waals surface area contributed by atoms with Crippen molar-refractivity contribution in [3.05, 3.63) is 29.8 Å². The van der Waals surface area contributed by atoms with Crippen LogP contribution in [-0.4, -0.2) is 43.6 Å². The third-order valence-corrected chi connectivity index (χ3v) is 2.59. The number of nitrogens with zero attached hydrogens (tertiary/aromatic N) is 1. The Balaban J connectivity index is 2.43. The van der Waals surface area contributed by atoms with Gasteiger partial charge in [-0.3, -0.25) is 4.79 Å². The van der Waals surface area contributed by atoms with Crippen LogP contribution in [0.1, 0.15) is 26.3 Å². The fourth-order valence-corrected chi connectivity index (χ4v) is 1.70. The summed E-state index contributed by atoms with van der Waals surface area (Å²) in [7, 11) is 3.97. The summed E-state index contributed by atoms with van der Waals surface area (Å²) < 4.78 is 5.75. The molecule has 0 aliphatic heterocycles. The quantitative estimate of drug-likeness (QED) is 0.866. The molecule has 1 aromatic rings. The minimum Gasteiger partial charge on any atom is -0.488 e. The first-order valence-corrected chi connectivity index (χ1v) is 6.96. The maximum Gasteiger partial charge on any atom is 0.224 e. The van der Waals surface area contributed by atoms with Gasteiger partial charge in [-0.25, -0.2) is 0 Å². The molecule has 1 aromatic carbocycles. The van der Waals surface area contributed by atoms with Crippen molar-refractivity contribution in [1.82, 2.24) is 10.2 Å². The summed E-state index contributed by atoms with van der Waals surface area (Å²) in [5.41, 5.74) is 0.791. The molecular weight excluding hydrogens is 252 g/mol. The summed E-state index contributed by atoms with van der Waals surface area (Å²) in [6.45, 7) is 7.57. The first-order chi connectivity index (χ1) is 9.26. The molecule has 0 unspecified atom stereocenters. The Bertz CT molecular complexity index is 419. The number of likely N-dealkylation sites (N-methyl/N-ethyl adjacent to an activating group) is 1. The number of amides is 1. The molecule has 1 amide bonds. The van der Waals surface area contributed by atoms with Gasteiger partial charge in [-0.1, -0.05) is 12.1 Å². The second-order valence-corrected chi connectivity index (χ2v) is 6.19. The summed E-state index contributed by atoms with van der Waals surface area (Å²) in [6, 6.07) is 7.70. The second kappa shape index (κ2) is 7.29. The van der Waals surface area contributed by atoms with Gasteiger partial charge in [-0.05, 0) is 52.6 Å². The van der Waals surface area contributed by atoms with Gasteiger partial charge in [0.25, 0.3) is 0 Å². The van der Waals surface area contributed by atoms with E-state index in [1.807, 2.05) is 64.0 Å². The Morgan fingerprint density at radius 1 is 1.20 bits per heavy atom. The van der Waals surface area contributed by atoms with Crippen LogP contribution in [0.2, 0.25) is 0 Å². The third-order valence-electron chi connectivity index (χ3n) is 2.59. The van der Waals surface area contributed by atoms with Crippen molar-refractivity contribution in [1.29, 1.82) is 0 Å². The number of nitrogens with one attached hydrogen (secondary N) is 1. The van der Waals surface area contributed by atoms with Crippen LogP contribution in [0, 0.1) is 0 Å². The Morgan fingerprint density at radius 2 is 1.80 bits per heavy atom. The second-order valence-electron chi connectivity index (χ2n) is 6.19. The van der Waals surface area contributed by atoms with Crippen molar-refractivity contribution in [2.75, 3.05) is 27.2 Å². The Morgan fingerprint density at radius 3 is 2.30 bits per heavy atom. The number of rotatable bonds is 6. The Labute approximate surface area is 122 Å². The molecular formula is C16H26N2O2. The average molecular weight is 278 g/mol. The number of hydrogen-bond acceptors (Lipinski definition) is 3. The van der Waals surface area contributed by atoms with Crippen LogP contribution in [0.25, 0.3) is 0 Å². The Kier molecular flexibility index (Phi) is 6.02. The van der Waals surface area contributed by atoms with E-state index in [4.69, 9.17) is 4.74 Å².